The van der Waals surface area contributed by atoms with Gasteiger partial charge in [-0.05, 0) is 60.5 Å². The van der Waals surface area contributed by atoms with Gasteiger partial charge in [0.2, 0.25) is 5.69 Å². The quantitative estimate of drug-likeness (QED) is 0.378. The van der Waals surface area contributed by atoms with Crippen LogP contribution in [0.25, 0.3) is 5.69 Å². The maximum Gasteiger partial charge on any atom is 0.362 e. The molecule has 0 bridgehead atoms. The zero-order valence-electron chi connectivity index (χ0n) is 19.1. The highest BCUT2D eigenvalue weighted by atomic mass is 35.5. The molecule has 10 nitrogen and oxygen atoms in total. The van der Waals surface area contributed by atoms with E-state index in [2.05, 4.69) is 5.10 Å². The summed E-state index contributed by atoms with van der Waals surface area (Å²) >= 11 is 12.7. The standard InChI is InChI=1S/C25H15Cl2FN4O6/c26-18-10-15(32-25(37)29-22(33)20(30-32)24(35)36)11-19(27)21(18)38-16-4-5-17-12(8-16)6-7-31(23(17)34)14-3-1-2-13(28)9-14/h1-5,8-11H,6-7H2,(H,35,36)(H,29,33,37). The molecule has 1 aliphatic rings. The van der Waals surface area contributed by atoms with Crippen molar-refractivity contribution in [3.8, 4) is 17.2 Å². The molecule has 0 saturated heterocycles. The molecule has 1 amide bonds. The summed E-state index contributed by atoms with van der Waals surface area (Å²) in [6.07, 6.45) is 0.488. The van der Waals surface area contributed by atoms with E-state index < -0.39 is 28.7 Å². The van der Waals surface area contributed by atoms with Crippen LogP contribution in [0.15, 0.2) is 64.2 Å². The SMILES string of the molecule is O=C(O)c1nn(-c2cc(Cl)c(Oc3ccc4c(c3)CCN(c3cccc(F)c3)C4=O)c(Cl)c2)c(=O)[nH]c1=O. The van der Waals surface area contributed by atoms with Crippen LogP contribution in [0.1, 0.15) is 26.4 Å². The van der Waals surface area contributed by atoms with Gasteiger partial charge < -0.3 is 14.7 Å². The van der Waals surface area contributed by atoms with Gasteiger partial charge in [-0.1, -0.05) is 29.3 Å². The fourth-order valence-electron chi connectivity index (χ4n) is 4.02. The molecule has 0 fully saturated rings. The molecule has 0 unspecified atom stereocenters. The lowest BCUT2D eigenvalue weighted by atomic mass is 9.98. The Hall–Kier alpha value is -4.48. The first-order chi connectivity index (χ1) is 18.1. The number of rotatable bonds is 5. The van der Waals surface area contributed by atoms with E-state index in [0.717, 1.165) is 0 Å². The summed E-state index contributed by atoms with van der Waals surface area (Å²) in [6, 6.07) is 13.2. The molecule has 1 aromatic heterocycles. The molecule has 2 heterocycles. The van der Waals surface area contributed by atoms with Crippen molar-refractivity contribution in [1.29, 1.82) is 0 Å². The number of aromatic carboxylic acids is 1. The minimum absolute atomic E-state index is 0.00965. The minimum Gasteiger partial charge on any atom is -0.476 e. The van der Waals surface area contributed by atoms with E-state index in [1.54, 1.807) is 24.3 Å². The topological polar surface area (TPSA) is 135 Å². The molecule has 0 atom stereocenters. The predicted molar refractivity (Wildman–Crippen MR) is 136 cm³/mol. The summed E-state index contributed by atoms with van der Waals surface area (Å²) in [4.78, 5) is 51.5. The van der Waals surface area contributed by atoms with Crippen molar-refractivity contribution in [3.05, 3.63) is 108 Å². The second-order valence-electron chi connectivity index (χ2n) is 8.17. The molecule has 4 aromatic rings. The van der Waals surface area contributed by atoms with E-state index in [0.29, 0.717) is 40.2 Å². The van der Waals surface area contributed by atoms with Gasteiger partial charge in [-0.3, -0.25) is 14.6 Å². The average Bonchev–Trinajstić information content (AvgIpc) is 2.86. The molecule has 0 aliphatic carbocycles. The van der Waals surface area contributed by atoms with Crippen LogP contribution < -0.4 is 20.9 Å². The number of aromatic amines is 1. The van der Waals surface area contributed by atoms with E-state index in [1.807, 2.05) is 4.98 Å². The summed E-state index contributed by atoms with van der Waals surface area (Å²) in [7, 11) is 0. The first-order valence-electron chi connectivity index (χ1n) is 11.0. The van der Waals surface area contributed by atoms with Crippen molar-refractivity contribution in [2.45, 2.75) is 6.42 Å². The highest BCUT2D eigenvalue weighted by Gasteiger charge is 2.26. The number of nitrogens with one attached hydrogen (secondary N) is 1. The van der Waals surface area contributed by atoms with Crippen LogP contribution in [0, 0.1) is 5.82 Å². The number of amides is 1. The lowest BCUT2D eigenvalue weighted by Gasteiger charge is -2.29. The summed E-state index contributed by atoms with van der Waals surface area (Å²) in [5.74, 6) is -1.96. The average molecular weight is 557 g/mol. The zero-order chi connectivity index (χ0) is 27.1. The molecule has 0 saturated carbocycles. The minimum atomic E-state index is -1.62. The molecular formula is C25H15Cl2FN4O6. The van der Waals surface area contributed by atoms with Gasteiger partial charge >= 0.3 is 11.7 Å². The van der Waals surface area contributed by atoms with Gasteiger partial charge in [-0.25, -0.2) is 14.0 Å². The molecule has 5 rings (SSSR count). The van der Waals surface area contributed by atoms with Crippen LogP contribution in [-0.2, 0) is 6.42 Å². The Morgan fingerprint density at radius 3 is 2.45 bits per heavy atom. The van der Waals surface area contributed by atoms with E-state index >= 15 is 0 Å². The lowest BCUT2D eigenvalue weighted by molar-refractivity contribution is 0.0685. The molecule has 192 valence electrons. The fraction of sp³-hybridized carbons (Fsp3) is 0.0800. The molecule has 0 spiro atoms. The summed E-state index contributed by atoms with van der Waals surface area (Å²) in [5.41, 5.74) is -1.42. The van der Waals surface area contributed by atoms with Crippen molar-refractivity contribution in [3.63, 3.8) is 0 Å². The Balaban J connectivity index is 1.43. The number of aromatic nitrogens is 3. The van der Waals surface area contributed by atoms with Crippen molar-refractivity contribution in [2.24, 2.45) is 0 Å². The molecule has 3 aromatic carbocycles. The van der Waals surface area contributed by atoms with E-state index in [4.69, 9.17) is 33.0 Å². The fourth-order valence-corrected chi connectivity index (χ4v) is 4.57. The third-order valence-electron chi connectivity index (χ3n) is 5.75. The highest BCUT2D eigenvalue weighted by molar-refractivity contribution is 6.37. The van der Waals surface area contributed by atoms with Gasteiger partial charge in [0, 0.05) is 17.8 Å². The van der Waals surface area contributed by atoms with Crippen LogP contribution in [0.4, 0.5) is 10.1 Å². The number of carboxylic acids is 1. The summed E-state index contributed by atoms with van der Waals surface area (Å²) in [6.45, 7) is 0.341. The Kier molecular flexibility index (Phi) is 6.47. The van der Waals surface area contributed by atoms with Crippen molar-refractivity contribution >= 4 is 40.8 Å². The molecule has 38 heavy (non-hydrogen) atoms. The molecular weight excluding hydrogens is 542 g/mol. The number of fused-ring (bicyclic) bond motifs is 1. The molecule has 0 radical (unpaired) electrons. The number of carboxylic acid groups (broad SMARTS) is 1. The molecule has 13 heteroatoms. The van der Waals surface area contributed by atoms with E-state index in [-0.39, 0.29) is 27.4 Å². The van der Waals surface area contributed by atoms with Gasteiger partial charge in [-0.2, -0.15) is 9.78 Å². The number of anilines is 1. The summed E-state index contributed by atoms with van der Waals surface area (Å²) in [5, 5.41) is 12.6. The number of carbonyl (C=O) groups excluding carboxylic acids is 1. The van der Waals surface area contributed by atoms with Crippen LogP contribution in [0.2, 0.25) is 10.0 Å². The number of carbonyl (C=O) groups is 2. The van der Waals surface area contributed by atoms with Gasteiger partial charge in [0.25, 0.3) is 11.5 Å². The zero-order valence-corrected chi connectivity index (χ0v) is 20.6. The smallest absolute Gasteiger partial charge is 0.362 e. The van der Waals surface area contributed by atoms with Crippen molar-refractivity contribution < 1.29 is 23.8 Å². The monoisotopic (exact) mass is 556 g/mol. The number of hydrogen-bond donors (Lipinski definition) is 2. The van der Waals surface area contributed by atoms with Gasteiger partial charge in [0.15, 0.2) is 5.75 Å². The van der Waals surface area contributed by atoms with Crippen LogP contribution in [0.5, 0.6) is 11.5 Å². The molecule has 1 aliphatic heterocycles. The second kappa shape index (κ2) is 9.77. The predicted octanol–water partition coefficient (Wildman–Crippen LogP) is 4.06. The summed E-state index contributed by atoms with van der Waals surface area (Å²) < 4.78 is 20.2. The Morgan fingerprint density at radius 2 is 1.76 bits per heavy atom. The van der Waals surface area contributed by atoms with Crippen LogP contribution in [0.3, 0.4) is 0 Å². The van der Waals surface area contributed by atoms with Crippen LogP contribution >= 0.6 is 23.2 Å². The number of hydrogen-bond acceptors (Lipinski definition) is 6. The number of ether oxygens (including phenoxy) is 1. The first-order valence-corrected chi connectivity index (χ1v) is 11.7. The largest absolute Gasteiger partial charge is 0.476 e. The first kappa shape index (κ1) is 25.2. The number of nitrogens with zero attached hydrogens (tertiary/aromatic N) is 3. The third kappa shape index (κ3) is 4.64. The number of benzene rings is 3. The van der Waals surface area contributed by atoms with Gasteiger partial charge in [0.1, 0.15) is 11.6 Å². The maximum atomic E-state index is 13.6. The van der Waals surface area contributed by atoms with Crippen molar-refractivity contribution in [1.82, 2.24) is 14.8 Å². The maximum absolute atomic E-state index is 13.6. The van der Waals surface area contributed by atoms with Gasteiger partial charge in [-0.15, -0.1) is 0 Å². The number of halogens is 3. The Labute approximate surface area is 222 Å². The normalized spacial score (nSPS) is 12.8. The van der Waals surface area contributed by atoms with Crippen LogP contribution in [-0.4, -0.2) is 38.3 Å². The van der Waals surface area contributed by atoms with Crippen molar-refractivity contribution in [2.75, 3.05) is 11.4 Å². The van der Waals surface area contributed by atoms with E-state index in [1.165, 1.54) is 35.2 Å². The Morgan fingerprint density at radius 1 is 1.03 bits per heavy atom. The van der Waals surface area contributed by atoms with E-state index in [9.17, 15) is 23.6 Å². The third-order valence-corrected chi connectivity index (χ3v) is 6.32. The van der Waals surface area contributed by atoms with Gasteiger partial charge in [0.05, 0.1) is 15.7 Å². The molecule has 2 N–H and O–H groups in total. The second-order valence-corrected chi connectivity index (χ2v) is 8.99. The number of H-pyrrole nitrogens is 1. The lowest BCUT2D eigenvalue weighted by Crippen LogP contribution is -2.37. The Bertz CT molecular complexity index is 1730. The highest BCUT2D eigenvalue weighted by Crippen LogP contribution is 2.39.